The molecule has 0 bridgehead atoms. The van der Waals surface area contributed by atoms with E-state index >= 15 is 0 Å². The van der Waals surface area contributed by atoms with Crippen LogP contribution in [0.5, 0.6) is 0 Å². The highest BCUT2D eigenvalue weighted by Gasteiger charge is 2.26. The van der Waals surface area contributed by atoms with Crippen LogP contribution in [0.4, 0.5) is 11.4 Å². The average molecular weight is 321 g/mol. The third kappa shape index (κ3) is 2.88. The molecule has 2 aliphatic heterocycles. The Morgan fingerprint density at radius 1 is 0.958 bits per heavy atom. The molecule has 1 amide bonds. The SMILES string of the molecule is O=C(c1cc(N2CCCCCC2)ccn1)N1CCc2ccccc21. The zero-order chi connectivity index (χ0) is 16.4. The van der Waals surface area contributed by atoms with Gasteiger partial charge in [0.1, 0.15) is 5.69 Å². The first-order valence-electron chi connectivity index (χ1n) is 8.94. The molecule has 4 rings (SSSR count). The second kappa shape index (κ2) is 6.63. The molecule has 0 atom stereocenters. The standard InChI is InChI=1S/C20H23N3O/c24-20(23-14-10-16-7-3-4-8-19(16)23)18-15-17(9-11-21-18)22-12-5-1-2-6-13-22/h3-4,7-9,11,15H,1-2,5-6,10,12-14H2. The van der Waals surface area contributed by atoms with E-state index in [-0.39, 0.29) is 5.91 Å². The summed E-state index contributed by atoms with van der Waals surface area (Å²) in [7, 11) is 0. The van der Waals surface area contributed by atoms with Gasteiger partial charge in [0.15, 0.2) is 0 Å². The smallest absolute Gasteiger partial charge is 0.276 e. The zero-order valence-corrected chi connectivity index (χ0v) is 13.9. The van der Waals surface area contributed by atoms with E-state index in [1.54, 1.807) is 6.20 Å². The summed E-state index contributed by atoms with van der Waals surface area (Å²) in [5.41, 5.74) is 3.95. The number of carbonyl (C=O) groups is 1. The van der Waals surface area contributed by atoms with Crippen LogP contribution in [-0.4, -0.2) is 30.5 Å². The topological polar surface area (TPSA) is 36.4 Å². The van der Waals surface area contributed by atoms with Gasteiger partial charge in [-0.05, 0) is 43.0 Å². The Morgan fingerprint density at radius 2 is 1.75 bits per heavy atom. The van der Waals surface area contributed by atoms with Crippen LogP contribution >= 0.6 is 0 Å². The molecule has 4 nitrogen and oxygen atoms in total. The Balaban J connectivity index is 1.58. The van der Waals surface area contributed by atoms with E-state index in [2.05, 4.69) is 16.0 Å². The third-order valence-corrected chi connectivity index (χ3v) is 5.07. The number of rotatable bonds is 2. The Hall–Kier alpha value is -2.36. The molecule has 1 saturated heterocycles. The van der Waals surface area contributed by atoms with Crippen molar-refractivity contribution in [2.24, 2.45) is 0 Å². The fraction of sp³-hybridized carbons (Fsp3) is 0.400. The van der Waals surface area contributed by atoms with Crippen molar-refractivity contribution in [1.29, 1.82) is 0 Å². The van der Waals surface area contributed by atoms with Gasteiger partial charge in [-0.1, -0.05) is 31.0 Å². The molecule has 1 aromatic carbocycles. The number of benzene rings is 1. The predicted molar refractivity (Wildman–Crippen MR) is 96.7 cm³/mol. The highest BCUT2D eigenvalue weighted by molar-refractivity contribution is 6.06. The molecule has 1 fully saturated rings. The van der Waals surface area contributed by atoms with E-state index in [9.17, 15) is 4.79 Å². The van der Waals surface area contributed by atoms with Gasteiger partial charge in [-0.3, -0.25) is 9.78 Å². The lowest BCUT2D eigenvalue weighted by atomic mass is 10.2. The summed E-state index contributed by atoms with van der Waals surface area (Å²) < 4.78 is 0. The van der Waals surface area contributed by atoms with Crippen molar-refractivity contribution in [3.8, 4) is 0 Å². The molecule has 2 aromatic rings. The minimum atomic E-state index is 0.0108. The van der Waals surface area contributed by atoms with Crippen LogP contribution in [0.2, 0.25) is 0 Å². The number of hydrogen-bond acceptors (Lipinski definition) is 3. The summed E-state index contributed by atoms with van der Waals surface area (Å²) in [4.78, 5) is 21.6. The molecule has 1 aromatic heterocycles. The van der Waals surface area contributed by atoms with E-state index in [1.165, 1.54) is 31.2 Å². The van der Waals surface area contributed by atoms with E-state index in [0.717, 1.165) is 37.4 Å². The Labute approximate surface area is 143 Å². The fourth-order valence-electron chi connectivity index (χ4n) is 3.75. The van der Waals surface area contributed by atoms with Crippen molar-refractivity contribution >= 4 is 17.3 Å². The van der Waals surface area contributed by atoms with Crippen LogP contribution in [0.25, 0.3) is 0 Å². The highest BCUT2D eigenvalue weighted by atomic mass is 16.2. The van der Waals surface area contributed by atoms with Gasteiger partial charge < -0.3 is 9.80 Å². The summed E-state index contributed by atoms with van der Waals surface area (Å²) in [5, 5.41) is 0. The third-order valence-electron chi connectivity index (χ3n) is 5.07. The Morgan fingerprint density at radius 3 is 2.58 bits per heavy atom. The molecular formula is C20H23N3O. The van der Waals surface area contributed by atoms with Crippen molar-refractivity contribution in [1.82, 2.24) is 4.98 Å². The van der Waals surface area contributed by atoms with Gasteiger partial charge in [0, 0.05) is 37.2 Å². The summed E-state index contributed by atoms with van der Waals surface area (Å²) in [5.74, 6) is 0.0108. The van der Waals surface area contributed by atoms with Gasteiger partial charge in [-0.25, -0.2) is 0 Å². The molecule has 2 aliphatic rings. The number of nitrogens with zero attached hydrogens (tertiary/aromatic N) is 3. The lowest BCUT2D eigenvalue weighted by molar-refractivity contribution is 0.0984. The van der Waals surface area contributed by atoms with Gasteiger partial charge in [0.05, 0.1) is 0 Å². The first-order chi connectivity index (χ1) is 11.8. The molecule has 0 N–H and O–H groups in total. The minimum absolute atomic E-state index is 0.0108. The lowest BCUT2D eigenvalue weighted by Gasteiger charge is -2.23. The molecule has 24 heavy (non-hydrogen) atoms. The monoisotopic (exact) mass is 321 g/mol. The molecule has 0 aliphatic carbocycles. The first-order valence-corrected chi connectivity index (χ1v) is 8.94. The number of carbonyl (C=O) groups excluding carboxylic acids is 1. The molecule has 0 saturated carbocycles. The van der Waals surface area contributed by atoms with E-state index in [1.807, 2.05) is 35.2 Å². The number of aromatic nitrogens is 1. The molecule has 0 unspecified atom stereocenters. The van der Waals surface area contributed by atoms with Gasteiger partial charge in [0.25, 0.3) is 5.91 Å². The molecule has 124 valence electrons. The Kier molecular flexibility index (Phi) is 4.20. The van der Waals surface area contributed by atoms with Crippen molar-refractivity contribution in [2.45, 2.75) is 32.1 Å². The number of anilines is 2. The van der Waals surface area contributed by atoms with Gasteiger partial charge >= 0.3 is 0 Å². The summed E-state index contributed by atoms with van der Waals surface area (Å²) in [6, 6.07) is 12.1. The largest absolute Gasteiger partial charge is 0.371 e. The van der Waals surface area contributed by atoms with Crippen molar-refractivity contribution in [2.75, 3.05) is 29.4 Å². The number of hydrogen-bond donors (Lipinski definition) is 0. The van der Waals surface area contributed by atoms with Crippen LogP contribution in [0.3, 0.4) is 0 Å². The van der Waals surface area contributed by atoms with Gasteiger partial charge in [-0.2, -0.15) is 0 Å². The van der Waals surface area contributed by atoms with E-state index in [0.29, 0.717) is 5.69 Å². The maximum Gasteiger partial charge on any atom is 0.276 e. The number of para-hydroxylation sites is 1. The minimum Gasteiger partial charge on any atom is -0.371 e. The lowest BCUT2D eigenvalue weighted by Crippen LogP contribution is -2.30. The van der Waals surface area contributed by atoms with Crippen molar-refractivity contribution in [3.63, 3.8) is 0 Å². The van der Waals surface area contributed by atoms with Crippen LogP contribution in [0.15, 0.2) is 42.6 Å². The second-order valence-corrected chi connectivity index (χ2v) is 6.64. The molecule has 4 heteroatoms. The van der Waals surface area contributed by atoms with Crippen LogP contribution in [0.1, 0.15) is 41.7 Å². The van der Waals surface area contributed by atoms with Gasteiger partial charge in [-0.15, -0.1) is 0 Å². The highest BCUT2D eigenvalue weighted by Crippen LogP contribution is 2.29. The number of amides is 1. The normalized spacial score (nSPS) is 17.5. The second-order valence-electron chi connectivity index (χ2n) is 6.64. The summed E-state index contributed by atoms with van der Waals surface area (Å²) in [6.07, 6.45) is 7.76. The van der Waals surface area contributed by atoms with Gasteiger partial charge in [0.2, 0.25) is 0 Å². The van der Waals surface area contributed by atoms with E-state index < -0.39 is 0 Å². The van der Waals surface area contributed by atoms with Crippen LogP contribution in [-0.2, 0) is 6.42 Å². The quantitative estimate of drug-likeness (QED) is 0.847. The number of pyridine rings is 1. The van der Waals surface area contributed by atoms with Crippen LogP contribution in [0, 0.1) is 0 Å². The average Bonchev–Trinajstić information content (AvgIpc) is 2.87. The van der Waals surface area contributed by atoms with Crippen LogP contribution < -0.4 is 9.80 Å². The van der Waals surface area contributed by atoms with Crippen molar-refractivity contribution < 1.29 is 4.79 Å². The fourth-order valence-corrected chi connectivity index (χ4v) is 3.75. The molecule has 3 heterocycles. The maximum absolute atomic E-state index is 13.0. The first kappa shape index (κ1) is 15.2. The summed E-state index contributed by atoms with van der Waals surface area (Å²) >= 11 is 0. The molecule has 0 spiro atoms. The zero-order valence-electron chi connectivity index (χ0n) is 13.9. The van der Waals surface area contributed by atoms with Crippen molar-refractivity contribution in [3.05, 3.63) is 53.9 Å². The van der Waals surface area contributed by atoms with E-state index in [4.69, 9.17) is 0 Å². The summed E-state index contributed by atoms with van der Waals surface area (Å²) in [6.45, 7) is 2.89. The maximum atomic E-state index is 13.0. The predicted octanol–water partition coefficient (Wildman–Crippen LogP) is 3.66. The Bertz CT molecular complexity index is 735. The molecular weight excluding hydrogens is 298 g/mol. The number of fused-ring (bicyclic) bond motifs is 1. The molecule has 0 radical (unpaired) electrons.